The van der Waals surface area contributed by atoms with Crippen LogP contribution in [0.25, 0.3) is 12.2 Å². The van der Waals surface area contributed by atoms with Gasteiger partial charge in [0.25, 0.3) is 0 Å². The Hall–Kier alpha value is -3.19. The van der Waals surface area contributed by atoms with E-state index in [1.807, 2.05) is 79.7 Å². The smallest absolute Gasteiger partial charge is 0.190 e. The lowest BCUT2D eigenvalue weighted by atomic mass is 10.1. The van der Waals surface area contributed by atoms with Crippen LogP contribution in [0.5, 0.6) is 0 Å². The van der Waals surface area contributed by atoms with Gasteiger partial charge in [-0.2, -0.15) is 5.26 Å². The molecule has 0 N–H and O–H groups in total. The molecule has 0 aliphatic heterocycles. The zero-order valence-corrected chi connectivity index (χ0v) is 12.8. The summed E-state index contributed by atoms with van der Waals surface area (Å²) in [4.78, 5) is 0. The van der Waals surface area contributed by atoms with Crippen LogP contribution in [0.4, 0.5) is 0 Å². The van der Waals surface area contributed by atoms with Crippen molar-refractivity contribution in [3.05, 3.63) is 83.2 Å². The molecule has 0 bridgehead atoms. The molecule has 0 aliphatic carbocycles. The molecule has 0 saturated heterocycles. The molecule has 1 aromatic heterocycles. The van der Waals surface area contributed by atoms with E-state index >= 15 is 0 Å². The summed E-state index contributed by atoms with van der Waals surface area (Å²) in [6.07, 6.45) is 3.86. The lowest BCUT2D eigenvalue weighted by Gasteiger charge is -2.13. The maximum absolute atomic E-state index is 9.28. The van der Waals surface area contributed by atoms with E-state index in [1.54, 1.807) is 4.68 Å². The van der Waals surface area contributed by atoms with Crippen molar-refractivity contribution in [2.24, 2.45) is 0 Å². The standard InChI is InChI=1S/C19H16N4/c1-15(17-10-6-3-7-11-17)23-19(18(14-20)21-22-23)13-12-16-8-4-2-5-9-16/h2-13,15H,1H3/b13-12+. The van der Waals surface area contributed by atoms with Crippen LogP contribution in [0.3, 0.4) is 0 Å². The van der Waals surface area contributed by atoms with Crippen molar-refractivity contribution >= 4 is 12.2 Å². The number of aromatic nitrogens is 3. The van der Waals surface area contributed by atoms with Crippen molar-refractivity contribution in [1.82, 2.24) is 15.0 Å². The molecule has 0 spiro atoms. The van der Waals surface area contributed by atoms with E-state index in [0.29, 0.717) is 11.4 Å². The Bertz CT molecular complexity index is 842. The number of nitrogens with zero attached hydrogens (tertiary/aromatic N) is 4. The van der Waals surface area contributed by atoms with Gasteiger partial charge in [0.05, 0.1) is 6.04 Å². The third-order valence-electron chi connectivity index (χ3n) is 3.72. The van der Waals surface area contributed by atoms with Crippen molar-refractivity contribution in [3.63, 3.8) is 0 Å². The van der Waals surface area contributed by atoms with E-state index in [9.17, 15) is 5.26 Å². The molecule has 1 atom stereocenters. The lowest BCUT2D eigenvalue weighted by molar-refractivity contribution is 0.539. The molecule has 0 aliphatic rings. The average Bonchev–Trinajstić information content (AvgIpc) is 3.04. The van der Waals surface area contributed by atoms with Crippen molar-refractivity contribution in [2.45, 2.75) is 13.0 Å². The SMILES string of the molecule is CC(c1ccccc1)n1nnc(C#N)c1/C=C/c1ccccc1. The molecule has 4 nitrogen and oxygen atoms in total. The van der Waals surface area contributed by atoms with Crippen molar-refractivity contribution in [3.8, 4) is 6.07 Å². The zero-order valence-electron chi connectivity index (χ0n) is 12.8. The van der Waals surface area contributed by atoms with Crippen molar-refractivity contribution in [2.75, 3.05) is 0 Å². The van der Waals surface area contributed by atoms with Crippen LogP contribution in [0, 0.1) is 11.3 Å². The van der Waals surface area contributed by atoms with Crippen molar-refractivity contribution in [1.29, 1.82) is 5.26 Å². The van der Waals surface area contributed by atoms with E-state index < -0.39 is 0 Å². The van der Waals surface area contributed by atoms with Crippen LogP contribution in [0.15, 0.2) is 60.7 Å². The highest BCUT2D eigenvalue weighted by molar-refractivity contribution is 5.70. The van der Waals surface area contributed by atoms with Gasteiger partial charge in [-0.3, -0.25) is 0 Å². The van der Waals surface area contributed by atoms with Crippen LogP contribution >= 0.6 is 0 Å². The molecule has 3 aromatic rings. The van der Waals surface area contributed by atoms with Gasteiger partial charge in [-0.05, 0) is 24.1 Å². The summed E-state index contributed by atoms with van der Waals surface area (Å²) >= 11 is 0. The first-order valence-corrected chi connectivity index (χ1v) is 7.43. The number of nitriles is 1. The summed E-state index contributed by atoms with van der Waals surface area (Å²) in [7, 11) is 0. The van der Waals surface area contributed by atoms with Crippen molar-refractivity contribution < 1.29 is 0 Å². The van der Waals surface area contributed by atoms with E-state index in [-0.39, 0.29) is 6.04 Å². The quantitative estimate of drug-likeness (QED) is 0.733. The Labute approximate surface area is 135 Å². The fraction of sp³-hybridized carbons (Fsp3) is 0.105. The minimum Gasteiger partial charge on any atom is -0.237 e. The van der Waals surface area contributed by atoms with Crippen LogP contribution in [0.1, 0.15) is 35.5 Å². The minimum atomic E-state index is 0.00113. The monoisotopic (exact) mass is 300 g/mol. The first-order valence-electron chi connectivity index (χ1n) is 7.43. The third kappa shape index (κ3) is 3.19. The minimum absolute atomic E-state index is 0.00113. The summed E-state index contributed by atoms with van der Waals surface area (Å²) in [6.45, 7) is 2.05. The summed E-state index contributed by atoms with van der Waals surface area (Å²) in [5, 5.41) is 17.4. The predicted molar refractivity (Wildman–Crippen MR) is 90.4 cm³/mol. The molecular formula is C19H16N4. The molecule has 1 heterocycles. The number of rotatable bonds is 4. The second-order valence-electron chi connectivity index (χ2n) is 5.21. The maximum Gasteiger partial charge on any atom is 0.190 e. The van der Waals surface area contributed by atoms with E-state index in [2.05, 4.69) is 16.4 Å². The topological polar surface area (TPSA) is 54.5 Å². The molecule has 23 heavy (non-hydrogen) atoms. The van der Waals surface area contributed by atoms with Gasteiger partial charge in [-0.25, -0.2) is 4.68 Å². The Morgan fingerprint density at radius 1 is 1.00 bits per heavy atom. The van der Waals surface area contributed by atoms with Gasteiger partial charge in [-0.1, -0.05) is 72.0 Å². The van der Waals surface area contributed by atoms with E-state index in [1.165, 1.54) is 0 Å². The highest BCUT2D eigenvalue weighted by Gasteiger charge is 2.16. The Kier molecular flexibility index (Phi) is 4.30. The molecule has 0 saturated carbocycles. The van der Waals surface area contributed by atoms with Gasteiger partial charge in [0, 0.05) is 0 Å². The van der Waals surface area contributed by atoms with Crippen LogP contribution in [0.2, 0.25) is 0 Å². The number of hydrogen-bond donors (Lipinski definition) is 0. The van der Waals surface area contributed by atoms with Gasteiger partial charge in [-0.15, -0.1) is 5.10 Å². The largest absolute Gasteiger partial charge is 0.237 e. The molecule has 3 rings (SSSR count). The summed E-state index contributed by atoms with van der Waals surface area (Å²) in [5.41, 5.74) is 3.24. The maximum atomic E-state index is 9.28. The Morgan fingerprint density at radius 2 is 1.65 bits per heavy atom. The molecule has 0 fully saturated rings. The van der Waals surface area contributed by atoms with Gasteiger partial charge in [0.1, 0.15) is 11.8 Å². The molecular weight excluding hydrogens is 284 g/mol. The second-order valence-corrected chi connectivity index (χ2v) is 5.21. The summed E-state index contributed by atoms with van der Waals surface area (Å²) in [6, 6.07) is 22.1. The van der Waals surface area contributed by atoms with Crippen LogP contribution in [-0.2, 0) is 0 Å². The van der Waals surface area contributed by atoms with Crippen LogP contribution in [-0.4, -0.2) is 15.0 Å². The first kappa shape index (κ1) is 14.7. The lowest BCUT2D eigenvalue weighted by Crippen LogP contribution is -2.10. The highest BCUT2D eigenvalue weighted by Crippen LogP contribution is 2.21. The van der Waals surface area contributed by atoms with Gasteiger partial charge in [0.2, 0.25) is 0 Å². The summed E-state index contributed by atoms with van der Waals surface area (Å²) in [5.74, 6) is 0. The molecule has 1 unspecified atom stereocenters. The fourth-order valence-corrected chi connectivity index (χ4v) is 2.43. The van der Waals surface area contributed by atoms with Gasteiger partial charge < -0.3 is 0 Å². The molecule has 0 amide bonds. The number of benzene rings is 2. The number of hydrogen-bond acceptors (Lipinski definition) is 3. The molecule has 2 aromatic carbocycles. The first-order chi connectivity index (χ1) is 11.3. The second kappa shape index (κ2) is 6.71. The Balaban J connectivity index is 1.98. The predicted octanol–water partition coefficient (Wildman–Crippen LogP) is 3.93. The van der Waals surface area contributed by atoms with Crippen LogP contribution < -0.4 is 0 Å². The summed E-state index contributed by atoms with van der Waals surface area (Å²) < 4.78 is 1.79. The average molecular weight is 300 g/mol. The third-order valence-corrected chi connectivity index (χ3v) is 3.72. The van der Waals surface area contributed by atoms with E-state index in [4.69, 9.17) is 0 Å². The molecule has 4 heteroatoms. The molecule has 112 valence electrons. The molecule has 0 radical (unpaired) electrons. The normalized spacial score (nSPS) is 12.2. The van der Waals surface area contributed by atoms with E-state index in [0.717, 1.165) is 11.1 Å². The fourth-order valence-electron chi connectivity index (χ4n) is 2.43. The van der Waals surface area contributed by atoms with Gasteiger partial charge >= 0.3 is 0 Å². The highest BCUT2D eigenvalue weighted by atomic mass is 15.4. The Morgan fingerprint density at radius 3 is 2.30 bits per heavy atom. The zero-order chi connectivity index (χ0) is 16.1. The van der Waals surface area contributed by atoms with Gasteiger partial charge in [0.15, 0.2) is 5.69 Å².